The van der Waals surface area contributed by atoms with Crippen molar-refractivity contribution < 1.29 is 19.1 Å². The maximum absolute atomic E-state index is 12.9. The predicted molar refractivity (Wildman–Crippen MR) is 75.9 cm³/mol. The Balaban J connectivity index is 2.04. The lowest BCUT2D eigenvalue weighted by Crippen LogP contribution is -2.39. The summed E-state index contributed by atoms with van der Waals surface area (Å²) in [4.78, 5) is 23.5. The first-order valence-electron chi connectivity index (χ1n) is 6.92. The van der Waals surface area contributed by atoms with Crippen LogP contribution in [-0.2, 0) is 9.59 Å². The zero-order valence-electron chi connectivity index (χ0n) is 11.8. The van der Waals surface area contributed by atoms with E-state index in [9.17, 15) is 19.1 Å². The molecule has 112 valence electrons. The van der Waals surface area contributed by atoms with Crippen molar-refractivity contribution in [1.29, 1.82) is 0 Å². The smallest absolute Gasteiger partial charge is 0.307 e. The molecular weight excluding hydrogens is 273 g/mol. The van der Waals surface area contributed by atoms with E-state index in [4.69, 9.17) is 0 Å². The summed E-state index contributed by atoms with van der Waals surface area (Å²) < 4.78 is 12.9. The first-order valence-corrected chi connectivity index (χ1v) is 6.92. The molecule has 21 heavy (non-hydrogen) atoms. The average Bonchev–Trinajstić information content (AvgIpc) is 2.47. The monoisotopic (exact) mass is 291 g/mol. The summed E-state index contributed by atoms with van der Waals surface area (Å²) in [5.74, 6) is -2.80. The first-order chi connectivity index (χ1) is 9.99. The van der Waals surface area contributed by atoms with E-state index in [1.165, 1.54) is 12.1 Å². The molecule has 0 unspecified atom stereocenters. The number of carboxylic acids is 1. The predicted octanol–water partition coefficient (Wildman–Crippen LogP) is 2.67. The molecule has 0 saturated carbocycles. The van der Waals surface area contributed by atoms with Crippen LogP contribution in [0.3, 0.4) is 0 Å². The van der Waals surface area contributed by atoms with Crippen LogP contribution in [0.5, 0.6) is 0 Å². The topological polar surface area (TPSA) is 66.4 Å². The summed E-state index contributed by atoms with van der Waals surface area (Å²) in [5.41, 5.74) is 0.781. The van der Waals surface area contributed by atoms with E-state index in [1.807, 2.05) is 6.08 Å². The van der Waals surface area contributed by atoms with Gasteiger partial charge in [-0.1, -0.05) is 24.3 Å². The number of amides is 1. The van der Waals surface area contributed by atoms with Crippen molar-refractivity contribution in [3.8, 4) is 0 Å². The van der Waals surface area contributed by atoms with Crippen LogP contribution in [0.25, 0.3) is 0 Å². The highest BCUT2D eigenvalue weighted by Gasteiger charge is 2.34. The molecule has 4 nitrogen and oxygen atoms in total. The van der Waals surface area contributed by atoms with Crippen molar-refractivity contribution in [3.63, 3.8) is 0 Å². The number of allylic oxidation sites excluding steroid dienone is 2. The molecule has 2 N–H and O–H groups in total. The quantitative estimate of drug-likeness (QED) is 0.838. The summed E-state index contributed by atoms with van der Waals surface area (Å²) in [5, 5.41) is 12.0. The van der Waals surface area contributed by atoms with Crippen molar-refractivity contribution in [1.82, 2.24) is 5.32 Å². The molecule has 2 rings (SSSR count). The lowest BCUT2D eigenvalue weighted by atomic mass is 9.82. The van der Waals surface area contributed by atoms with E-state index in [0.29, 0.717) is 12.8 Å². The Morgan fingerprint density at radius 1 is 1.19 bits per heavy atom. The Kier molecular flexibility index (Phi) is 4.73. The van der Waals surface area contributed by atoms with Crippen LogP contribution in [0.15, 0.2) is 36.4 Å². The number of aliphatic carboxylic acids is 1. The number of hydrogen-bond acceptors (Lipinski definition) is 2. The second-order valence-electron chi connectivity index (χ2n) is 5.28. The van der Waals surface area contributed by atoms with Gasteiger partial charge in [-0.15, -0.1) is 0 Å². The Morgan fingerprint density at radius 2 is 1.76 bits per heavy atom. The van der Waals surface area contributed by atoms with E-state index in [1.54, 1.807) is 25.1 Å². The van der Waals surface area contributed by atoms with Gasteiger partial charge in [0.05, 0.1) is 17.9 Å². The number of nitrogens with one attached hydrogen (secondary N) is 1. The number of carbonyl (C=O) groups excluding carboxylic acids is 1. The fraction of sp³-hybridized carbons (Fsp3) is 0.375. The van der Waals surface area contributed by atoms with Gasteiger partial charge in [-0.05, 0) is 37.5 Å². The van der Waals surface area contributed by atoms with E-state index in [0.717, 1.165) is 5.56 Å². The van der Waals surface area contributed by atoms with E-state index in [-0.39, 0.29) is 17.8 Å². The molecule has 0 heterocycles. The van der Waals surface area contributed by atoms with Gasteiger partial charge in [0, 0.05) is 0 Å². The summed E-state index contributed by atoms with van der Waals surface area (Å²) in [6.07, 6.45) is 4.44. The molecule has 0 saturated heterocycles. The van der Waals surface area contributed by atoms with Crippen LogP contribution in [0.2, 0.25) is 0 Å². The SMILES string of the molecule is C[C@H](NC(=O)[C@@H]1CC=CC[C@@H]1C(=O)O)c1ccc(F)cc1. The van der Waals surface area contributed by atoms with Gasteiger partial charge >= 0.3 is 5.97 Å². The van der Waals surface area contributed by atoms with Crippen LogP contribution in [0.4, 0.5) is 4.39 Å². The molecule has 0 bridgehead atoms. The summed E-state index contributed by atoms with van der Waals surface area (Å²) in [6.45, 7) is 1.79. The van der Waals surface area contributed by atoms with Gasteiger partial charge in [0.25, 0.3) is 0 Å². The van der Waals surface area contributed by atoms with Gasteiger partial charge < -0.3 is 10.4 Å². The lowest BCUT2D eigenvalue weighted by Gasteiger charge is -2.26. The molecule has 1 aliphatic carbocycles. The van der Waals surface area contributed by atoms with Crippen molar-refractivity contribution >= 4 is 11.9 Å². The van der Waals surface area contributed by atoms with Crippen molar-refractivity contribution in [2.45, 2.75) is 25.8 Å². The number of rotatable bonds is 4. The molecule has 0 spiro atoms. The maximum Gasteiger partial charge on any atom is 0.307 e. The summed E-state index contributed by atoms with van der Waals surface area (Å²) >= 11 is 0. The molecule has 1 amide bonds. The molecule has 0 aliphatic heterocycles. The molecule has 0 radical (unpaired) electrons. The molecule has 5 heteroatoms. The minimum absolute atomic E-state index is 0.274. The van der Waals surface area contributed by atoms with Crippen molar-refractivity contribution in [3.05, 3.63) is 47.8 Å². The van der Waals surface area contributed by atoms with Gasteiger partial charge in [-0.3, -0.25) is 9.59 Å². The second-order valence-corrected chi connectivity index (χ2v) is 5.28. The Bertz CT molecular complexity index is 553. The fourth-order valence-corrected chi connectivity index (χ4v) is 2.53. The molecule has 1 aromatic carbocycles. The molecule has 0 fully saturated rings. The molecule has 1 aliphatic rings. The second kappa shape index (κ2) is 6.52. The standard InChI is InChI=1S/C16H18FNO3/c1-10(11-6-8-12(17)9-7-11)18-15(19)13-4-2-3-5-14(13)16(20)21/h2-3,6-10,13-14H,4-5H2,1H3,(H,18,19)(H,20,21)/t10-,13+,14-/m0/s1. The van der Waals surface area contributed by atoms with Crippen LogP contribution in [0, 0.1) is 17.7 Å². The zero-order chi connectivity index (χ0) is 15.4. The number of benzene rings is 1. The number of hydrogen-bond donors (Lipinski definition) is 2. The summed E-state index contributed by atoms with van der Waals surface area (Å²) in [6, 6.07) is 5.59. The van der Waals surface area contributed by atoms with Crippen LogP contribution >= 0.6 is 0 Å². The van der Waals surface area contributed by atoms with Gasteiger partial charge in [-0.25, -0.2) is 4.39 Å². The van der Waals surface area contributed by atoms with Crippen molar-refractivity contribution in [2.24, 2.45) is 11.8 Å². The van der Waals surface area contributed by atoms with Gasteiger partial charge in [-0.2, -0.15) is 0 Å². The minimum atomic E-state index is -0.950. The highest BCUT2D eigenvalue weighted by atomic mass is 19.1. The highest BCUT2D eigenvalue weighted by Crippen LogP contribution is 2.27. The first kappa shape index (κ1) is 15.2. The van der Waals surface area contributed by atoms with E-state index in [2.05, 4.69) is 5.32 Å². The van der Waals surface area contributed by atoms with Gasteiger partial charge in [0.15, 0.2) is 0 Å². The van der Waals surface area contributed by atoms with Crippen LogP contribution in [0.1, 0.15) is 31.4 Å². The third-order valence-corrected chi connectivity index (χ3v) is 3.82. The van der Waals surface area contributed by atoms with E-state index >= 15 is 0 Å². The number of carboxylic acid groups (broad SMARTS) is 1. The largest absolute Gasteiger partial charge is 0.481 e. The van der Waals surface area contributed by atoms with Crippen LogP contribution < -0.4 is 5.32 Å². The number of halogens is 1. The van der Waals surface area contributed by atoms with Gasteiger partial charge in [0.2, 0.25) is 5.91 Å². The third-order valence-electron chi connectivity index (χ3n) is 3.82. The fourth-order valence-electron chi connectivity index (χ4n) is 2.53. The Morgan fingerprint density at radius 3 is 2.33 bits per heavy atom. The van der Waals surface area contributed by atoms with Crippen LogP contribution in [-0.4, -0.2) is 17.0 Å². The lowest BCUT2D eigenvalue weighted by molar-refractivity contribution is -0.147. The number of carbonyl (C=O) groups is 2. The summed E-state index contributed by atoms with van der Waals surface area (Å²) in [7, 11) is 0. The third kappa shape index (κ3) is 3.68. The maximum atomic E-state index is 12.9. The molecule has 1 aromatic rings. The minimum Gasteiger partial charge on any atom is -0.481 e. The molecule has 3 atom stereocenters. The Hall–Kier alpha value is -2.17. The normalized spacial score (nSPS) is 22.6. The highest BCUT2D eigenvalue weighted by molar-refractivity contribution is 5.85. The van der Waals surface area contributed by atoms with Gasteiger partial charge in [0.1, 0.15) is 5.82 Å². The zero-order valence-corrected chi connectivity index (χ0v) is 11.8. The Labute approximate surface area is 122 Å². The van der Waals surface area contributed by atoms with E-state index < -0.39 is 17.8 Å². The molecular formula is C16H18FNO3. The average molecular weight is 291 g/mol. The van der Waals surface area contributed by atoms with Crippen molar-refractivity contribution in [2.75, 3.05) is 0 Å². The molecule has 0 aromatic heterocycles.